The summed E-state index contributed by atoms with van der Waals surface area (Å²) in [5, 5.41) is 12.3. The molecule has 1 N–H and O–H groups in total. The fourth-order valence-corrected chi connectivity index (χ4v) is 3.65. The third kappa shape index (κ3) is 2.93. The van der Waals surface area contributed by atoms with E-state index in [1.807, 2.05) is 24.3 Å². The second-order valence-electron chi connectivity index (χ2n) is 4.33. The summed E-state index contributed by atoms with van der Waals surface area (Å²) in [5.41, 5.74) is 1.79. The van der Waals surface area contributed by atoms with E-state index in [1.54, 1.807) is 0 Å². The molecule has 1 aromatic carbocycles. The van der Waals surface area contributed by atoms with Crippen LogP contribution >= 0.6 is 0 Å². The minimum atomic E-state index is -0.735. The van der Waals surface area contributed by atoms with Crippen LogP contribution in [0.2, 0.25) is 0 Å². The van der Waals surface area contributed by atoms with Gasteiger partial charge in [0, 0.05) is 34.4 Å². The molecule has 1 aromatic rings. The second-order valence-corrected chi connectivity index (χ2v) is 5.88. The van der Waals surface area contributed by atoms with Crippen LogP contribution in [0.15, 0.2) is 24.3 Å². The van der Waals surface area contributed by atoms with Crippen molar-refractivity contribution in [2.24, 2.45) is 0 Å². The molecule has 1 aliphatic heterocycles. The number of nitrogens with zero attached hydrogens (tertiary/aromatic N) is 1. The summed E-state index contributed by atoms with van der Waals surface area (Å²) in [7, 11) is -0.735. The predicted molar refractivity (Wildman–Crippen MR) is 69.0 cm³/mol. The summed E-state index contributed by atoms with van der Waals surface area (Å²) in [6.07, 6.45) is 0.999. The lowest BCUT2D eigenvalue weighted by atomic mass is 10.0. The molecule has 3 unspecified atom stereocenters. The highest BCUT2D eigenvalue weighted by Gasteiger charge is 2.25. The van der Waals surface area contributed by atoms with Crippen LogP contribution in [0.1, 0.15) is 30.5 Å². The van der Waals surface area contributed by atoms with E-state index in [9.17, 15) is 4.21 Å². The average Bonchev–Trinajstić information content (AvgIpc) is 2.38. The number of hydrogen-bond acceptors (Lipinski definition) is 3. The van der Waals surface area contributed by atoms with E-state index >= 15 is 0 Å². The summed E-state index contributed by atoms with van der Waals surface area (Å²) >= 11 is 0. The Morgan fingerprint density at radius 3 is 2.71 bits per heavy atom. The quantitative estimate of drug-likeness (QED) is 0.867. The van der Waals surface area contributed by atoms with Crippen LogP contribution in [-0.4, -0.2) is 21.8 Å². The number of nitrogens with one attached hydrogen (secondary N) is 1. The largest absolute Gasteiger partial charge is 0.305 e. The Morgan fingerprint density at radius 2 is 2.12 bits per heavy atom. The monoisotopic (exact) mass is 248 g/mol. The third-order valence-corrected chi connectivity index (χ3v) is 4.59. The zero-order chi connectivity index (χ0) is 12.3. The Balaban J connectivity index is 2.15. The van der Waals surface area contributed by atoms with Gasteiger partial charge < -0.3 is 5.32 Å². The predicted octanol–water partition coefficient (Wildman–Crippen LogP) is 1.73. The molecule has 0 saturated carbocycles. The molecule has 90 valence electrons. The van der Waals surface area contributed by atoms with Gasteiger partial charge in [0.25, 0.3) is 0 Å². The molecule has 2 rings (SSSR count). The molecular weight excluding hydrogens is 232 g/mol. The van der Waals surface area contributed by atoms with Gasteiger partial charge in [-0.1, -0.05) is 19.1 Å². The summed E-state index contributed by atoms with van der Waals surface area (Å²) < 4.78 is 11.8. The van der Waals surface area contributed by atoms with Gasteiger partial charge in [-0.2, -0.15) is 5.26 Å². The molecule has 1 aliphatic rings. The number of hydrogen-bond donors (Lipinski definition) is 1. The van der Waals surface area contributed by atoms with E-state index in [-0.39, 0.29) is 6.04 Å². The second kappa shape index (κ2) is 5.44. The van der Waals surface area contributed by atoms with E-state index in [1.165, 1.54) is 0 Å². The molecule has 1 fully saturated rings. The highest BCUT2D eigenvalue weighted by Crippen LogP contribution is 2.20. The molecule has 0 spiro atoms. The van der Waals surface area contributed by atoms with Crippen molar-refractivity contribution < 1.29 is 4.21 Å². The van der Waals surface area contributed by atoms with Crippen LogP contribution in [0, 0.1) is 11.3 Å². The first-order valence-electron chi connectivity index (χ1n) is 5.84. The van der Waals surface area contributed by atoms with Gasteiger partial charge in [0.2, 0.25) is 0 Å². The lowest BCUT2D eigenvalue weighted by Gasteiger charge is -2.30. The molecule has 0 aliphatic carbocycles. The average molecular weight is 248 g/mol. The van der Waals surface area contributed by atoms with E-state index < -0.39 is 10.8 Å². The Hall–Kier alpha value is -1.18. The molecule has 0 aromatic heterocycles. The van der Waals surface area contributed by atoms with Crippen molar-refractivity contribution in [2.45, 2.75) is 25.4 Å². The molecular formula is C13H16N2OS. The lowest BCUT2D eigenvalue weighted by molar-refractivity contribution is 0.456. The highest BCUT2D eigenvalue weighted by atomic mass is 32.2. The van der Waals surface area contributed by atoms with Gasteiger partial charge in [0.05, 0.1) is 11.6 Å². The van der Waals surface area contributed by atoms with Crippen molar-refractivity contribution >= 4 is 10.8 Å². The lowest BCUT2D eigenvalue weighted by Crippen LogP contribution is -2.44. The standard InChI is InChI=1S/C13H16N2OS/c1-2-12-8-17(16)9-13(15-12)11-5-3-10(7-14)4-6-11/h3-6,12-13,15H,2,8-9H2,1H3. The molecule has 4 heteroatoms. The first-order chi connectivity index (χ1) is 8.22. The molecule has 1 saturated heterocycles. The zero-order valence-corrected chi connectivity index (χ0v) is 10.7. The van der Waals surface area contributed by atoms with Crippen LogP contribution in [0.25, 0.3) is 0 Å². The maximum absolute atomic E-state index is 11.8. The van der Waals surface area contributed by atoms with Crippen molar-refractivity contribution in [2.75, 3.05) is 11.5 Å². The molecule has 0 radical (unpaired) electrons. The topological polar surface area (TPSA) is 52.9 Å². The maximum Gasteiger partial charge on any atom is 0.0991 e. The van der Waals surface area contributed by atoms with Crippen LogP contribution in [0.4, 0.5) is 0 Å². The van der Waals surface area contributed by atoms with E-state index in [2.05, 4.69) is 18.3 Å². The van der Waals surface area contributed by atoms with Crippen LogP contribution in [0.3, 0.4) is 0 Å². The first kappa shape index (κ1) is 12.3. The van der Waals surface area contributed by atoms with Crippen molar-refractivity contribution in [1.82, 2.24) is 5.32 Å². The van der Waals surface area contributed by atoms with Gasteiger partial charge in [-0.05, 0) is 24.1 Å². The van der Waals surface area contributed by atoms with E-state index in [0.717, 1.165) is 17.7 Å². The summed E-state index contributed by atoms with van der Waals surface area (Å²) in [4.78, 5) is 0. The Morgan fingerprint density at radius 1 is 1.41 bits per heavy atom. The van der Waals surface area contributed by atoms with Crippen molar-refractivity contribution in [3.8, 4) is 6.07 Å². The SMILES string of the molecule is CCC1CS(=O)CC(c2ccc(C#N)cc2)N1. The van der Waals surface area contributed by atoms with Gasteiger partial charge in [0.1, 0.15) is 0 Å². The van der Waals surface area contributed by atoms with Gasteiger partial charge in [0.15, 0.2) is 0 Å². The van der Waals surface area contributed by atoms with Gasteiger partial charge in [-0.3, -0.25) is 4.21 Å². The minimum absolute atomic E-state index is 0.155. The fraction of sp³-hybridized carbons (Fsp3) is 0.462. The van der Waals surface area contributed by atoms with Crippen LogP contribution in [0.5, 0.6) is 0 Å². The molecule has 1 heterocycles. The minimum Gasteiger partial charge on any atom is -0.305 e. The summed E-state index contributed by atoms with van der Waals surface area (Å²) in [5.74, 6) is 1.42. The van der Waals surface area contributed by atoms with Crippen molar-refractivity contribution in [3.63, 3.8) is 0 Å². The molecule has 17 heavy (non-hydrogen) atoms. The van der Waals surface area contributed by atoms with Crippen LogP contribution in [-0.2, 0) is 10.8 Å². The molecule has 0 amide bonds. The zero-order valence-electron chi connectivity index (χ0n) is 9.85. The number of rotatable bonds is 2. The number of nitriles is 1. The summed E-state index contributed by atoms with van der Waals surface area (Å²) in [6, 6.07) is 10.1. The van der Waals surface area contributed by atoms with Gasteiger partial charge in [-0.15, -0.1) is 0 Å². The van der Waals surface area contributed by atoms with Crippen molar-refractivity contribution in [3.05, 3.63) is 35.4 Å². The smallest absolute Gasteiger partial charge is 0.0991 e. The number of benzene rings is 1. The normalized spacial score (nSPS) is 28.6. The third-order valence-electron chi connectivity index (χ3n) is 3.11. The first-order valence-corrected chi connectivity index (χ1v) is 7.32. The van der Waals surface area contributed by atoms with Gasteiger partial charge >= 0.3 is 0 Å². The van der Waals surface area contributed by atoms with Crippen LogP contribution < -0.4 is 5.32 Å². The Bertz CT molecular complexity index is 449. The van der Waals surface area contributed by atoms with Gasteiger partial charge in [-0.25, -0.2) is 0 Å². The van der Waals surface area contributed by atoms with E-state index in [4.69, 9.17) is 5.26 Å². The maximum atomic E-state index is 11.8. The Kier molecular flexibility index (Phi) is 3.93. The van der Waals surface area contributed by atoms with Crippen molar-refractivity contribution in [1.29, 1.82) is 5.26 Å². The Labute approximate surface area is 104 Å². The summed E-state index contributed by atoms with van der Waals surface area (Å²) in [6.45, 7) is 2.11. The highest BCUT2D eigenvalue weighted by molar-refractivity contribution is 7.85. The van der Waals surface area contributed by atoms with E-state index in [0.29, 0.717) is 17.4 Å². The molecule has 3 atom stereocenters. The molecule has 3 nitrogen and oxygen atoms in total. The fourth-order valence-electron chi connectivity index (χ4n) is 2.08. The molecule has 0 bridgehead atoms.